The number of likely N-dealkylation sites (tertiary alicyclic amines) is 1. The van der Waals surface area contributed by atoms with Crippen molar-refractivity contribution in [3.63, 3.8) is 0 Å². The molecule has 24 heavy (non-hydrogen) atoms. The van der Waals surface area contributed by atoms with Gasteiger partial charge in [-0.05, 0) is 55.4 Å². The predicted molar refractivity (Wildman–Crippen MR) is 94.2 cm³/mol. The number of benzene rings is 2. The molecule has 1 saturated heterocycles. The van der Waals surface area contributed by atoms with Crippen LogP contribution in [0.4, 0.5) is 4.39 Å². The lowest BCUT2D eigenvalue weighted by Gasteiger charge is -2.36. The molecule has 0 N–H and O–H groups in total. The van der Waals surface area contributed by atoms with Crippen molar-refractivity contribution >= 4 is 5.91 Å². The lowest BCUT2D eigenvalue weighted by Crippen LogP contribution is -2.44. The van der Waals surface area contributed by atoms with Gasteiger partial charge in [-0.25, -0.2) is 4.39 Å². The van der Waals surface area contributed by atoms with E-state index in [0.29, 0.717) is 18.9 Å². The molecule has 0 bridgehead atoms. The summed E-state index contributed by atoms with van der Waals surface area (Å²) in [6.07, 6.45) is 5.47. The van der Waals surface area contributed by atoms with Crippen LogP contribution >= 0.6 is 0 Å². The highest BCUT2D eigenvalue weighted by atomic mass is 19.1. The summed E-state index contributed by atoms with van der Waals surface area (Å²) >= 11 is 0. The van der Waals surface area contributed by atoms with Crippen LogP contribution in [0, 0.1) is 5.82 Å². The van der Waals surface area contributed by atoms with Gasteiger partial charge in [-0.2, -0.15) is 0 Å². The third-order valence-corrected chi connectivity index (χ3v) is 4.80. The first-order valence-electron chi connectivity index (χ1n) is 8.80. The van der Waals surface area contributed by atoms with Gasteiger partial charge in [0.05, 0.1) is 0 Å². The van der Waals surface area contributed by atoms with E-state index < -0.39 is 0 Å². The van der Waals surface area contributed by atoms with Crippen molar-refractivity contribution in [3.05, 3.63) is 71.5 Å². The lowest BCUT2D eigenvalue weighted by molar-refractivity contribution is -0.134. The molecule has 0 aromatic heterocycles. The number of rotatable bonds is 5. The van der Waals surface area contributed by atoms with E-state index in [2.05, 4.69) is 29.2 Å². The molecule has 2 aromatic rings. The third kappa shape index (κ3) is 4.44. The number of nitrogens with zero attached hydrogens (tertiary/aromatic N) is 1. The Hall–Kier alpha value is -2.16. The number of carbonyl (C=O) groups is 1. The average Bonchev–Trinajstić information content (AvgIpc) is 2.62. The number of hydrogen-bond acceptors (Lipinski definition) is 1. The molecule has 0 aliphatic carbocycles. The van der Waals surface area contributed by atoms with Gasteiger partial charge in [0.2, 0.25) is 5.91 Å². The van der Waals surface area contributed by atoms with Gasteiger partial charge in [-0.3, -0.25) is 4.79 Å². The van der Waals surface area contributed by atoms with Crippen LogP contribution in [0.25, 0.3) is 0 Å². The lowest BCUT2D eigenvalue weighted by atomic mass is 9.95. The first-order chi connectivity index (χ1) is 11.7. The van der Waals surface area contributed by atoms with E-state index in [-0.39, 0.29) is 11.7 Å². The van der Waals surface area contributed by atoms with Crippen LogP contribution in [-0.2, 0) is 17.6 Å². The Balaban J connectivity index is 1.59. The quantitative estimate of drug-likeness (QED) is 0.799. The Morgan fingerprint density at radius 1 is 1.00 bits per heavy atom. The first kappa shape index (κ1) is 16.7. The summed E-state index contributed by atoms with van der Waals surface area (Å²) in [6, 6.07) is 17.2. The number of aryl methyl sites for hydroxylation is 1. The molecule has 126 valence electrons. The fourth-order valence-electron chi connectivity index (χ4n) is 3.47. The van der Waals surface area contributed by atoms with Crippen LogP contribution in [0.15, 0.2) is 54.6 Å². The molecule has 3 rings (SSSR count). The molecule has 1 fully saturated rings. The van der Waals surface area contributed by atoms with Crippen LogP contribution < -0.4 is 0 Å². The van der Waals surface area contributed by atoms with E-state index in [1.807, 2.05) is 6.07 Å². The zero-order chi connectivity index (χ0) is 16.8. The molecule has 0 unspecified atom stereocenters. The monoisotopic (exact) mass is 325 g/mol. The Morgan fingerprint density at radius 2 is 1.75 bits per heavy atom. The number of piperidine rings is 1. The van der Waals surface area contributed by atoms with Crippen molar-refractivity contribution in [2.24, 2.45) is 0 Å². The molecule has 2 aromatic carbocycles. The van der Waals surface area contributed by atoms with Crippen molar-refractivity contribution < 1.29 is 9.18 Å². The van der Waals surface area contributed by atoms with Crippen molar-refractivity contribution in [2.45, 2.75) is 44.6 Å². The van der Waals surface area contributed by atoms with Gasteiger partial charge in [0, 0.05) is 19.0 Å². The second-order valence-corrected chi connectivity index (χ2v) is 6.55. The van der Waals surface area contributed by atoms with Gasteiger partial charge in [0.15, 0.2) is 0 Å². The number of halogens is 1. The largest absolute Gasteiger partial charge is 0.339 e. The van der Waals surface area contributed by atoms with Crippen molar-refractivity contribution in [1.29, 1.82) is 0 Å². The summed E-state index contributed by atoms with van der Waals surface area (Å²) in [6.45, 7) is 0.861. The molecule has 1 atom stereocenters. The van der Waals surface area contributed by atoms with Crippen LogP contribution in [0.3, 0.4) is 0 Å². The van der Waals surface area contributed by atoms with E-state index in [1.165, 1.54) is 24.1 Å². The molecule has 1 aliphatic heterocycles. The summed E-state index contributed by atoms with van der Waals surface area (Å²) in [5, 5.41) is 0. The summed E-state index contributed by atoms with van der Waals surface area (Å²) in [7, 11) is 0. The molecular formula is C21H24FNO. The van der Waals surface area contributed by atoms with Gasteiger partial charge < -0.3 is 4.90 Å². The second-order valence-electron chi connectivity index (χ2n) is 6.55. The molecule has 1 amide bonds. The molecular weight excluding hydrogens is 301 g/mol. The summed E-state index contributed by atoms with van der Waals surface area (Å²) in [4.78, 5) is 14.8. The van der Waals surface area contributed by atoms with Crippen LogP contribution in [-0.4, -0.2) is 23.4 Å². The standard InChI is InChI=1S/C21H24FNO/c22-19-12-9-17(10-13-19)11-14-21(24)23-15-5-4-8-20(23)16-18-6-2-1-3-7-18/h1-3,6-7,9-10,12-13,20H,4-5,8,11,14-16H2/t20-/m0/s1. The van der Waals surface area contributed by atoms with Gasteiger partial charge in [0.1, 0.15) is 5.82 Å². The maximum atomic E-state index is 13.0. The highest BCUT2D eigenvalue weighted by Gasteiger charge is 2.26. The van der Waals surface area contributed by atoms with Crippen molar-refractivity contribution in [2.75, 3.05) is 6.54 Å². The zero-order valence-corrected chi connectivity index (χ0v) is 14.0. The van der Waals surface area contributed by atoms with Crippen LogP contribution in [0.5, 0.6) is 0 Å². The van der Waals surface area contributed by atoms with E-state index in [1.54, 1.807) is 12.1 Å². The second kappa shape index (κ2) is 8.09. The minimum atomic E-state index is -0.232. The molecule has 1 heterocycles. The molecule has 2 nitrogen and oxygen atoms in total. The number of hydrogen-bond donors (Lipinski definition) is 0. The third-order valence-electron chi connectivity index (χ3n) is 4.80. The molecule has 0 spiro atoms. The average molecular weight is 325 g/mol. The van der Waals surface area contributed by atoms with E-state index in [4.69, 9.17) is 0 Å². The fourth-order valence-corrected chi connectivity index (χ4v) is 3.47. The number of amides is 1. The van der Waals surface area contributed by atoms with Gasteiger partial charge in [-0.15, -0.1) is 0 Å². The van der Waals surface area contributed by atoms with Crippen LogP contribution in [0.2, 0.25) is 0 Å². The Kier molecular flexibility index (Phi) is 5.63. The Labute approximate surface area is 143 Å². The van der Waals surface area contributed by atoms with Gasteiger partial charge in [-0.1, -0.05) is 42.5 Å². The van der Waals surface area contributed by atoms with Crippen molar-refractivity contribution in [1.82, 2.24) is 4.90 Å². The fraction of sp³-hybridized carbons (Fsp3) is 0.381. The van der Waals surface area contributed by atoms with Crippen LogP contribution in [0.1, 0.15) is 36.8 Å². The minimum Gasteiger partial charge on any atom is -0.339 e. The van der Waals surface area contributed by atoms with Gasteiger partial charge >= 0.3 is 0 Å². The highest BCUT2D eigenvalue weighted by Crippen LogP contribution is 2.22. The topological polar surface area (TPSA) is 20.3 Å². The van der Waals surface area contributed by atoms with E-state index >= 15 is 0 Å². The normalized spacial score (nSPS) is 17.7. The summed E-state index contributed by atoms with van der Waals surface area (Å²) in [5.74, 6) is -0.0102. The molecule has 3 heteroatoms. The molecule has 0 saturated carbocycles. The number of carbonyl (C=O) groups excluding carboxylic acids is 1. The summed E-state index contributed by atoms with van der Waals surface area (Å²) in [5.41, 5.74) is 2.31. The van der Waals surface area contributed by atoms with Gasteiger partial charge in [0.25, 0.3) is 0 Å². The minimum absolute atomic E-state index is 0.222. The summed E-state index contributed by atoms with van der Waals surface area (Å²) < 4.78 is 13.0. The zero-order valence-electron chi connectivity index (χ0n) is 14.0. The smallest absolute Gasteiger partial charge is 0.223 e. The van der Waals surface area contributed by atoms with E-state index in [9.17, 15) is 9.18 Å². The maximum Gasteiger partial charge on any atom is 0.223 e. The molecule has 0 radical (unpaired) electrons. The highest BCUT2D eigenvalue weighted by molar-refractivity contribution is 5.77. The van der Waals surface area contributed by atoms with E-state index in [0.717, 1.165) is 31.4 Å². The SMILES string of the molecule is O=C(CCc1ccc(F)cc1)N1CCCC[C@H]1Cc1ccccc1. The first-order valence-corrected chi connectivity index (χ1v) is 8.80. The predicted octanol–water partition coefficient (Wildman–Crippen LogP) is 4.38. The maximum absolute atomic E-state index is 13.0. The Morgan fingerprint density at radius 3 is 2.50 bits per heavy atom. The van der Waals surface area contributed by atoms with Crippen molar-refractivity contribution in [3.8, 4) is 0 Å². The molecule has 1 aliphatic rings. The Bertz CT molecular complexity index is 653.